The van der Waals surface area contributed by atoms with Crippen LogP contribution >= 0.6 is 11.8 Å². The van der Waals surface area contributed by atoms with Gasteiger partial charge in [-0.3, -0.25) is 4.79 Å². The van der Waals surface area contributed by atoms with Gasteiger partial charge in [-0.15, -0.1) is 11.8 Å². The molecule has 1 unspecified atom stereocenters. The molecule has 0 spiro atoms. The Morgan fingerprint density at radius 2 is 2.05 bits per heavy atom. The average molecular weight is 281 g/mol. The fourth-order valence-corrected chi connectivity index (χ4v) is 2.86. The van der Waals surface area contributed by atoms with E-state index in [4.69, 9.17) is 10.8 Å². The number of nitrogens with two attached hydrogens (primary N) is 1. The lowest BCUT2D eigenvalue weighted by atomic mass is 9.97. The van der Waals surface area contributed by atoms with E-state index in [9.17, 15) is 4.79 Å². The Labute approximate surface area is 119 Å². The Morgan fingerprint density at radius 1 is 1.37 bits per heavy atom. The number of benzene rings is 1. The normalized spacial score (nSPS) is 14.1. The highest BCUT2D eigenvalue weighted by Crippen LogP contribution is 2.24. The second kappa shape index (κ2) is 6.96. The first-order valence-electron chi connectivity index (χ1n) is 6.55. The Morgan fingerprint density at radius 3 is 2.63 bits per heavy atom. The van der Waals surface area contributed by atoms with Crippen LogP contribution in [0.4, 0.5) is 0 Å². The number of unbranched alkanes of at least 4 members (excludes halogenated alkanes) is 1. The van der Waals surface area contributed by atoms with Crippen molar-refractivity contribution in [3.63, 3.8) is 0 Å². The molecule has 0 aliphatic rings. The quantitative estimate of drug-likeness (QED) is 0.594. The van der Waals surface area contributed by atoms with E-state index >= 15 is 0 Å². The standard InChI is InChI=1S/C15H23NO2S/c1-11-6-7-13(12(2)10-11)19-9-5-4-8-15(3,16)14(17)18/h6-7,10H,4-5,8-9,16H2,1-3H3,(H,17,18). The number of carboxylic acid groups (broad SMARTS) is 1. The van der Waals surface area contributed by atoms with Crippen LogP contribution in [0.25, 0.3) is 0 Å². The lowest BCUT2D eigenvalue weighted by Gasteiger charge is -2.18. The van der Waals surface area contributed by atoms with Crippen molar-refractivity contribution in [3.8, 4) is 0 Å². The first-order valence-corrected chi connectivity index (χ1v) is 7.54. The van der Waals surface area contributed by atoms with Gasteiger partial charge in [0.1, 0.15) is 5.54 Å². The zero-order chi connectivity index (χ0) is 14.5. The molecule has 1 aromatic rings. The summed E-state index contributed by atoms with van der Waals surface area (Å²) in [7, 11) is 0. The molecule has 0 bridgehead atoms. The van der Waals surface area contributed by atoms with Gasteiger partial charge in [0, 0.05) is 4.90 Å². The maximum Gasteiger partial charge on any atom is 0.323 e. The molecule has 0 saturated carbocycles. The van der Waals surface area contributed by atoms with Gasteiger partial charge < -0.3 is 10.8 Å². The van der Waals surface area contributed by atoms with Gasteiger partial charge in [-0.1, -0.05) is 24.1 Å². The number of carboxylic acids is 1. The summed E-state index contributed by atoms with van der Waals surface area (Å²) in [4.78, 5) is 12.2. The van der Waals surface area contributed by atoms with Gasteiger partial charge in [0.2, 0.25) is 0 Å². The molecule has 19 heavy (non-hydrogen) atoms. The maximum absolute atomic E-state index is 10.9. The van der Waals surface area contributed by atoms with Crippen LogP contribution in [0.3, 0.4) is 0 Å². The fourth-order valence-electron chi connectivity index (χ4n) is 1.84. The van der Waals surface area contributed by atoms with Crippen LogP contribution in [0.5, 0.6) is 0 Å². The minimum Gasteiger partial charge on any atom is -0.480 e. The van der Waals surface area contributed by atoms with E-state index < -0.39 is 11.5 Å². The highest BCUT2D eigenvalue weighted by molar-refractivity contribution is 7.99. The first-order chi connectivity index (χ1) is 8.83. The van der Waals surface area contributed by atoms with Crippen molar-refractivity contribution in [3.05, 3.63) is 29.3 Å². The fraction of sp³-hybridized carbons (Fsp3) is 0.533. The SMILES string of the molecule is Cc1ccc(SCCCCC(C)(N)C(=O)O)c(C)c1. The molecule has 0 aliphatic heterocycles. The number of hydrogen-bond donors (Lipinski definition) is 2. The molecule has 0 saturated heterocycles. The van der Waals surface area contributed by atoms with Crippen molar-refractivity contribution in [2.24, 2.45) is 5.73 Å². The monoisotopic (exact) mass is 281 g/mol. The van der Waals surface area contributed by atoms with Crippen molar-refractivity contribution in [2.45, 2.75) is 50.5 Å². The molecular formula is C15H23NO2S. The summed E-state index contributed by atoms with van der Waals surface area (Å²) < 4.78 is 0. The number of thioether (sulfide) groups is 1. The molecule has 106 valence electrons. The molecular weight excluding hydrogens is 258 g/mol. The third-order valence-electron chi connectivity index (χ3n) is 3.17. The third-order valence-corrected chi connectivity index (χ3v) is 4.43. The lowest BCUT2D eigenvalue weighted by Crippen LogP contribution is -2.44. The van der Waals surface area contributed by atoms with Gasteiger partial charge in [-0.25, -0.2) is 0 Å². The Balaban J connectivity index is 2.30. The van der Waals surface area contributed by atoms with Gasteiger partial charge in [-0.05, 0) is 51.0 Å². The van der Waals surface area contributed by atoms with Crippen LogP contribution in [0, 0.1) is 13.8 Å². The highest BCUT2D eigenvalue weighted by atomic mass is 32.2. The summed E-state index contributed by atoms with van der Waals surface area (Å²) in [6.07, 6.45) is 2.35. The van der Waals surface area contributed by atoms with E-state index in [0.29, 0.717) is 6.42 Å². The second-order valence-electron chi connectivity index (χ2n) is 5.30. The van der Waals surface area contributed by atoms with Crippen molar-refractivity contribution >= 4 is 17.7 Å². The zero-order valence-corrected chi connectivity index (χ0v) is 12.7. The third kappa shape index (κ3) is 5.25. The maximum atomic E-state index is 10.9. The number of hydrogen-bond acceptors (Lipinski definition) is 3. The molecule has 0 amide bonds. The van der Waals surface area contributed by atoms with Gasteiger partial charge >= 0.3 is 5.97 Å². The molecule has 0 aromatic heterocycles. The molecule has 3 N–H and O–H groups in total. The largest absolute Gasteiger partial charge is 0.480 e. The molecule has 0 heterocycles. The smallest absolute Gasteiger partial charge is 0.323 e. The van der Waals surface area contributed by atoms with Crippen molar-refractivity contribution in [1.82, 2.24) is 0 Å². The molecule has 1 rings (SSSR count). The van der Waals surface area contributed by atoms with Crippen LogP contribution < -0.4 is 5.73 Å². The van der Waals surface area contributed by atoms with Crippen LogP contribution in [0.1, 0.15) is 37.3 Å². The average Bonchev–Trinajstić information content (AvgIpc) is 2.31. The van der Waals surface area contributed by atoms with Gasteiger partial charge in [-0.2, -0.15) is 0 Å². The Kier molecular flexibility index (Phi) is 5.88. The van der Waals surface area contributed by atoms with E-state index in [0.717, 1.165) is 18.6 Å². The summed E-state index contributed by atoms with van der Waals surface area (Å²) in [6, 6.07) is 6.46. The summed E-state index contributed by atoms with van der Waals surface area (Å²) in [5.74, 6) is 0.0779. The minimum absolute atomic E-state index is 0.524. The Hall–Kier alpha value is -1.00. The van der Waals surface area contributed by atoms with Crippen LogP contribution in [-0.2, 0) is 4.79 Å². The zero-order valence-electron chi connectivity index (χ0n) is 11.9. The number of aliphatic carboxylic acids is 1. The Bertz CT molecular complexity index is 444. The molecule has 0 fully saturated rings. The minimum atomic E-state index is -1.09. The molecule has 4 heteroatoms. The van der Waals surface area contributed by atoms with Gasteiger partial charge in [0.15, 0.2) is 0 Å². The van der Waals surface area contributed by atoms with Crippen molar-refractivity contribution in [1.29, 1.82) is 0 Å². The summed E-state index contributed by atoms with van der Waals surface area (Å²) >= 11 is 1.83. The van der Waals surface area contributed by atoms with Crippen LogP contribution in [0.15, 0.2) is 23.1 Å². The highest BCUT2D eigenvalue weighted by Gasteiger charge is 2.26. The second-order valence-corrected chi connectivity index (χ2v) is 6.43. The van der Waals surface area contributed by atoms with E-state index in [1.807, 2.05) is 11.8 Å². The van der Waals surface area contributed by atoms with E-state index in [2.05, 4.69) is 32.0 Å². The van der Waals surface area contributed by atoms with Crippen LogP contribution in [-0.4, -0.2) is 22.4 Å². The molecule has 1 aromatic carbocycles. The van der Waals surface area contributed by atoms with Crippen molar-refractivity contribution in [2.75, 3.05) is 5.75 Å². The van der Waals surface area contributed by atoms with E-state index in [-0.39, 0.29) is 0 Å². The first kappa shape index (κ1) is 16.1. The van der Waals surface area contributed by atoms with E-state index in [1.165, 1.54) is 16.0 Å². The number of aryl methyl sites for hydroxylation is 2. The molecule has 1 atom stereocenters. The summed E-state index contributed by atoms with van der Waals surface area (Å²) in [5, 5.41) is 8.91. The van der Waals surface area contributed by atoms with Gasteiger partial charge in [0.05, 0.1) is 0 Å². The number of rotatable bonds is 7. The summed E-state index contributed by atoms with van der Waals surface area (Å²) in [5.41, 5.74) is 7.18. The number of carbonyl (C=O) groups is 1. The molecule has 0 radical (unpaired) electrons. The van der Waals surface area contributed by atoms with Crippen molar-refractivity contribution < 1.29 is 9.90 Å². The van der Waals surface area contributed by atoms with Crippen LogP contribution in [0.2, 0.25) is 0 Å². The summed E-state index contributed by atoms with van der Waals surface area (Å²) in [6.45, 7) is 5.79. The predicted molar refractivity (Wildman–Crippen MR) is 80.7 cm³/mol. The molecule has 0 aliphatic carbocycles. The lowest BCUT2D eigenvalue weighted by molar-refractivity contribution is -0.142. The molecule has 3 nitrogen and oxygen atoms in total. The predicted octanol–water partition coefficient (Wildman–Crippen LogP) is 3.37. The van der Waals surface area contributed by atoms with Gasteiger partial charge in [0.25, 0.3) is 0 Å². The van der Waals surface area contributed by atoms with E-state index in [1.54, 1.807) is 6.92 Å². The topological polar surface area (TPSA) is 63.3 Å².